The quantitative estimate of drug-likeness (QED) is 0.719. The zero-order chi connectivity index (χ0) is 11.4. The number of rotatable bonds is 3. The Morgan fingerprint density at radius 2 is 2.13 bits per heavy atom. The van der Waals surface area contributed by atoms with Crippen LogP contribution in [-0.2, 0) is 9.53 Å². The highest BCUT2D eigenvalue weighted by Gasteiger charge is 2.14. The normalized spacial score (nSPS) is 12.0. The molecule has 0 N–H and O–H groups in total. The Morgan fingerprint density at radius 3 is 2.67 bits per heavy atom. The molecular formula is C11H13FO3. The summed E-state index contributed by atoms with van der Waals surface area (Å²) in [7, 11) is 1.29. The predicted octanol–water partition coefficient (Wildman–Crippen LogP) is 2.07. The minimum atomic E-state index is -0.695. The standard InChI is InChI=1S/C11H13FO3/c1-7-6-9(4-5-10(7)12)15-8(2)11(13)14-3/h4-6,8H,1-3H3/t8-/m0/s1. The third-order valence-electron chi connectivity index (χ3n) is 1.98. The zero-order valence-corrected chi connectivity index (χ0v) is 8.91. The number of carbonyl (C=O) groups is 1. The summed E-state index contributed by atoms with van der Waals surface area (Å²) in [5, 5.41) is 0. The van der Waals surface area contributed by atoms with Crippen molar-refractivity contribution < 1.29 is 18.7 Å². The maximum atomic E-state index is 12.9. The summed E-state index contributed by atoms with van der Waals surface area (Å²) in [4.78, 5) is 11.0. The Kier molecular flexibility index (Phi) is 3.66. The summed E-state index contributed by atoms with van der Waals surface area (Å²) < 4.78 is 22.7. The minimum absolute atomic E-state index is 0.298. The molecule has 0 radical (unpaired) electrons. The molecule has 0 saturated heterocycles. The topological polar surface area (TPSA) is 35.5 Å². The molecule has 0 aromatic heterocycles. The molecule has 0 unspecified atom stereocenters. The maximum absolute atomic E-state index is 12.9. The van der Waals surface area contributed by atoms with E-state index in [1.54, 1.807) is 13.8 Å². The molecule has 0 aliphatic heterocycles. The smallest absolute Gasteiger partial charge is 0.346 e. The molecule has 15 heavy (non-hydrogen) atoms. The van der Waals surface area contributed by atoms with Gasteiger partial charge in [0.05, 0.1) is 7.11 Å². The van der Waals surface area contributed by atoms with E-state index in [4.69, 9.17) is 4.74 Å². The third kappa shape index (κ3) is 2.94. The van der Waals surface area contributed by atoms with Gasteiger partial charge in [0, 0.05) is 0 Å². The second kappa shape index (κ2) is 4.77. The monoisotopic (exact) mass is 212 g/mol. The Bertz CT molecular complexity index is 363. The number of ether oxygens (including phenoxy) is 2. The summed E-state index contributed by atoms with van der Waals surface area (Å²) in [6.07, 6.45) is -0.695. The van der Waals surface area contributed by atoms with Gasteiger partial charge in [0.15, 0.2) is 6.10 Å². The number of hydrogen-bond donors (Lipinski definition) is 0. The van der Waals surface area contributed by atoms with Crippen LogP contribution in [0.25, 0.3) is 0 Å². The van der Waals surface area contributed by atoms with Crippen molar-refractivity contribution in [1.29, 1.82) is 0 Å². The lowest BCUT2D eigenvalue weighted by Gasteiger charge is -2.12. The predicted molar refractivity (Wildman–Crippen MR) is 53.2 cm³/mol. The average Bonchev–Trinajstić information content (AvgIpc) is 2.22. The first-order chi connectivity index (χ1) is 7.04. The van der Waals surface area contributed by atoms with E-state index in [1.807, 2.05) is 0 Å². The Morgan fingerprint density at radius 1 is 1.47 bits per heavy atom. The first-order valence-corrected chi connectivity index (χ1v) is 4.55. The lowest BCUT2D eigenvalue weighted by atomic mass is 10.2. The van der Waals surface area contributed by atoms with Crippen LogP contribution in [0.3, 0.4) is 0 Å². The number of methoxy groups -OCH3 is 1. The summed E-state index contributed by atoms with van der Waals surface area (Å²) >= 11 is 0. The van der Waals surface area contributed by atoms with Gasteiger partial charge in [-0.2, -0.15) is 0 Å². The summed E-state index contributed by atoms with van der Waals surface area (Å²) in [6.45, 7) is 3.20. The van der Waals surface area contributed by atoms with Crippen molar-refractivity contribution in [3.05, 3.63) is 29.6 Å². The fourth-order valence-corrected chi connectivity index (χ4v) is 1.11. The van der Waals surface area contributed by atoms with Crippen molar-refractivity contribution in [1.82, 2.24) is 0 Å². The molecule has 0 heterocycles. The maximum Gasteiger partial charge on any atom is 0.346 e. The summed E-state index contributed by atoms with van der Waals surface area (Å²) in [5.41, 5.74) is 0.476. The van der Waals surface area contributed by atoms with Gasteiger partial charge in [0.1, 0.15) is 11.6 Å². The molecule has 0 aliphatic rings. The lowest BCUT2D eigenvalue weighted by Crippen LogP contribution is -2.24. The summed E-state index contributed by atoms with van der Waals surface area (Å²) in [6, 6.07) is 4.31. The number of halogens is 1. The number of hydrogen-bond acceptors (Lipinski definition) is 3. The van der Waals surface area contributed by atoms with Crippen molar-refractivity contribution in [2.75, 3.05) is 7.11 Å². The highest BCUT2D eigenvalue weighted by Crippen LogP contribution is 2.17. The Balaban J connectivity index is 2.73. The molecule has 1 aromatic carbocycles. The second-order valence-corrected chi connectivity index (χ2v) is 3.19. The zero-order valence-electron chi connectivity index (χ0n) is 8.91. The van der Waals surface area contributed by atoms with Gasteiger partial charge in [0.2, 0.25) is 0 Å². The third-order valence-corrected chi connectivity index (χ3v) is 1.98. The number of carbonyl (C=O) groups excluding carboxylic acids is 1. The molecule has 0 bridgehead atoms. The van der Waals surface area contributed by atoms with Crippen LogP contribution < -0.4 is 4.74 Å². The van der Waals surface area contributed by atoms with Gasteiger partial charge in [-0.1, -0.05) is 0 Å². The second-order valence-electron chi connectivity index (χ2n) is 3.19. The van der Waals surface area contributed by atoms with E-state index in [0.29, 0.717) is 11.3 Å². The largest absolute Gasteiger partial charge is 0.479 e. The van der Waals surface area contributed by atoms with Crippen LogP contribution in [0, 0.1) is 12.7 Å². The van der Waals surface area contributed by atoms with Crippen molar-refractivity contribution in [3.8, 4) is 5.75 Å². The van der Waals surface area contributed by atoms with E-state index in [-0.39, 0.29) is 5.82 Å². The molecule has 0 spiro atoms. The minimum Gasteiger partial charge on any atom is -0.479 e. The van der Waals surface area contributed by atoms with Crippen LogP contribution in [0.4, 0.5) is 4.39 Å². The molecule has 0 saturated carbocycles. The van der Waals surface area contributed by atoms with Crippen molar-refractivity contribution in [2.24, 2.45) is 0 Å². The highest BCUT2D eigenvalue weighted by atomic mass is 19.1. The molecule has 1 atom stereocenters. The van der Waals surface area contributed by atoms with Gasteiger partial charge >= 0.3 is 5.97 Å². The van der Waals surface area contributed by atoms with E-state index in [0.717, 1.165) is 0 Å². The van der Waals surface area contributed by atoms with Crippen molar-refractivity contribution >= 4 is 5.97 Å². The van der Waals surface area contributed by atoms with E-state index < -0.39 is 12.1 Å². The van der Waals surface area contributed by atoms with Gasteiger partial charge < -0.3 is 9.47 Å². The lowest BCUT2D eigenvalue weighted by molar-refractivity contribution is -0.147. The van der Waals surface area contributed by atoms with E-state index in [1.165, 1.54) is 25.3 Å². The molecule has 1 rings (SSSR count). The van der Waals surface area contributed by atoms with Gasteiger partial charge in [-0.05, 0) is 37.6 Å². The molecule has 0 amide bonds. The highest BCUT2D eigenvalue weighted by molar-refractivity contribution is 5.74. The van der Waals surface area contributed by atoms with Gasteiger partial charge in [0.25, 0.3) is 0 Å². The van der Waals surface area contributed by atoms with Crippen LogP contribution in [0.15, 0.2) is 18.2 Å². The first kappa shape index (κ1) is 11.5. The van der Waals surface area contributed by atoms with E-state index >= 15 is 0 Å². The first-order valence-electron chi connectivity index (χ1n) is 4.55. The number of aryl methyl sites for hydroxylation is 1. The van der Waals surface area contributed by atoms with Gasteiger partial charge in [-0.15, -0.1) is 0 Å². The molecule has 0 aliphatic carbocycles. The summed E-state index contributed by atoms with van der Waals surface area (Å²) in [5.74, 6) is -0.308. The number of benzene rings is 1. The molecule has 82 valence electrons. The van der Waals surface area contributed by atoms with Crippen LogP contribution in [0.1, 0.15) is 12.5 Å². The molecule has 1 aromatic rings. The molecule has 0 fully saturated rings. The SMILES string of the molecule is COC(=O)[C@H](C)Oc1ccc(F)c(C)c1. The van der Waals surface area contributed by atoms with Crippen LogP contribution in [0.5, 0.6) is 5.75 Å². The van der Waals surface area contributed by atoms with E-state index in [2.05, 4.69) is 4.74 Å². The van der Waals surface area contributed by atoms with Crippen LogP contribution >= 0.6 is 0 Å². The Labute approximate surface area is 87.8 Å². The molecular weight excluding hydrogens is 199 g/mol. The fraction of sp³-hybridized carbons (Fsp3) is 0.364. The van der Waals surface area contributed by atoms with Gasteiger partial charge in [-0.25, -0.2) is 9.18 Å². The van der Waals surface area contributed by atoms with Gasteiger partial charge in [-0.3, -0.25) is 0 Å². The van der Waals surface area contributed by atoms with Crippen molar-refractivity contribution in [2.45, 2.75) is 20.0 Å². The number of esters is 1. The van der Waals surface area contributed by atoms with E-state index in [9.17, 15) is 9.18 Å². The van der Waals surface area contributed by atoms with Crippen molar-refractivity contribution in [3.63, 3.8) is 0 Å². The van der Waals surface area contributed by atoms with Crippen LogP contribution in [0.2, 0.25) is 0 Å². The Hall–Kier alpha value is -1.58. The van der Waals surface area contributed by atoms with Crippen LogP contribution in [-0.4, -0.2) is 19.2 Å². The molecule has 3 nitrogen and oxygen atoms in total. The average molecular weight is 212 g/mol. The molecule has 4 heteroatoms. The fourth-order valence-electron chi connectivity index (χ4n) is 1.11.